The summed E-state index contributed by atoms with van der Waals surface area (Å²) in [6.07, 6.45) is 4.76. The van der Waals surface area contributed by atoms with Gasteiger partial charge in [0, 0.05) is 43.2 Å². The van der Waals surface area contributed by atoms with Gasteiger partial charge in [-0.05, 0) is 37.5 Å². The van der Waals surface area contributed by atoms with Gasteiger partial charge < -0.3 is 10.0 Å². The second-order valence-electron chi connectivity index (χ2n) is 6.37. The first-order valence-electron chi connectivity index (χ1n) is 8.16. The third-order valence-electron chi connectivity index (χ3n) is 4.64. The third-order valence-corrected chi connectivity index (χ3v) is 4.64. The predicted molar refractivity (Wildman–Crippen MR) is 91.0 cm³/mol. The normalized spacial score (nSPS) is 17.4. The molecule has 1 N–H and O–H groups in total. The Morgan fingerprint density at radius 1 is 1.32 bits per heavy atom. The SMILES string of the molecule is Cc1cc(N2CCC(c3cnccc3C)C2)n2nc(C(=O)O)nc2n1. The van der Waals surface area contributed by atoms with Crippen molar-refractivity contribution in [2.24, 2.45) is 0 Å². The van der Waals surface area contributed by atoms with Crippen molar-refractivity contribution in [1.29, 1.82) is 0 Å². The third kappa shape index (κ3) is 2.69. The lowest BCUT2D eigenvalue weighted by Crippen LogP contribution is -2.23. The highest BCUT2D eigenvalue weighted by Gasteiger charge is 2.28. The van der Waals surface area contributed by atoms with Gasteiger partial charge in [-0.3, -0.25) is 4.98 Å². The van der Waals surface area contributed by atoms with Crippen LogP contribution in [0.1, 0.15) is 39.8 Å². The van der Waals surface area contributed by atoms with Gasteiger partial charge in [0.15, 0.2) is 0 Å². The second-order valence-corrected chi connectivity index (χ2v) is 6.37. The van der Waals surface area contributed by atoms with Crippen LogP contribution in [0.15, 0.2) is 24.5 Å². The highest BCUT2D eigenvalue weighted by Crippen LogP contribution is 2.32. The van der Waals surface area contributed by atoms with Crippen LogP contribution in [0.4, 0.5) is 5.82 Å². The monoisotopic (exact) mass is 338 g/mol. The number of fused-ring (bicyclic) bond motifs is 1. The Balaban J connectivity index is 1.71. The summed E-state index contributed by atoms with van der Waals surface area (Å²) in [5, 5.41) is 13.2. The zero-order chi connectivity index (χ0) is 17.6. The summed E-state index contributed by atoms with van der Waals surface area (Å²) in [5.41, 5.74) is 3.29. The fraction of sp³-hybridized carbons (Fsp3) is 0.353. The zero-order valence-electron chi connectivity index (χ0n) is 14.0. The van der Waals surface area contributed by atoms with Gasteiger partial charge in [-0.1, -0.05) is 0 Å². The highest BCUT2D eigenvalue weighted by atomic mass is 16.4. The molecular weight excluding hydrogens is 320 g/mol. The van der Waals surface area contributed by atoms with Crippen molar-refractivity contribution in [2.45, 2.75) is 26.2 Å². The van der Waals surface area contributed by atoms with Gasteiger partial charge in [0.25, 0.3) is 11.6 Å². The molecule has 0 aromatic carbocycles. The summed E-state index contributed by atoms with van der Waals surface area (Å²) in [4.78, 5) is 25.9. The summed E-state index contributed by atoms with van der Waals surface area (Å²) in [5.74, 6) is 0.136. The van der Waals surface area contributed by atoms with E-state index in [0.29, 0.717) is 11.7 Å². The van der Waals surface area contributed by atoms with Crippen LogP contribution >= 0.6 is 0 Å². The van der Waals surface area contributed by atoms with E-state index in [-0.39, 0.29) is 5.82 Å². The molecule has 1 atom stereocenters. The molecule has 1 aliphatic heterocycles. The number of aromatic nitrogens is 5. The maximum absolute atomic E-state index is 11.2. The molecule has 0 radical (unpaired) electrons. The molecule has 1 aliphatic rings. The molecule has 4 rings (SSSR count). The van der Waals surface area contributed by atoms with Crippen molar-refractivity contribution >= 4 is 17.6 Å². The van der Waals surface area contributed by atoms with Crippen LogP contribution in [0.2, 0.25) is 0 Å². The van der Waals surface area contributed by atoms with Gasteiger partial charge in [0.1, 0.15) is 5.82 Å². The smallest absolute Gasteiger partial charge is 0.375 e. The zero-order valence-corrected chi connectivity index (χ0v) is 14.0. The van der Waals surface area contributed by atoms with E-state index in [1.807, 2.05) is 31.5 Å². The number of aromatic carboxylic acids is 1. The van der Waals surface area contributed by atoms with Crippen LogP contribution in [-0.4, -0.2) is 48.7 Å². The van der Waals surface area contributed by atoms with E-state index < -0.39 is 5.97 Å². The lowest BCUT2D eigenvalue weighted by atomic mass is 9.96. The van der Waals surface area contributed by atoms with Crippen molar-refractivity contribution in [1.82, 2.24) is 24.6 Å². The minimum absolute atomic E-state index is 0.238. The standard InChI is InChI=1S/C17H18N6O2/c1-10-3-5-18-8-13(10)12-4-6-22(9-12)14-7-11(2)19-17-20-15(16(24)25)21-23(14)17/h3,5,7-8,12H,4,6,9H2,1-2H3,(H,24,25). The molecule has 8 nitrogen and oxygen atoms in total. The summed E-state index contributed by atoms with van der Waals surface area (Å²) in [6, 6.07) is 3.95. The van der Waals surface area contributed by atoms with Crippen molar-refractivity contribution in [3.05, 3.63) is 47.2 Å². The van der Waals surface area contributed by atoms with E-state index in [1.54, 1.807) is 0 Å². The van der Waals surface area contributed by atoms with Gasteiger partial charge in [-0.2, -0.15) is 9.50 Å². The van der Waals surface area contributed by atoms with Crippen LogP contribution < -0.4 is 4.90 Å². The summed E-state index contributed by atoms with van der Waals surface area (Å²) < 4.78 is 1.52. The van der Waals surface area contributed by atoms with Crippen LogP contribution in [0.25, 0.3) is 5.78 Å². The molecule has 0 aliphatic carbocycles. The molecule has 1 saturated heterocycles. The molecule has 1 fully saturated rings. The molecule has 128 valence electrons. The minimum atomic E-state index is -1.15. The number of anilines is 1. The molecule has 4 heterocycles. The molecule has 0 amide bonds. The van der Waals surface area contributed by atoms with Gasteiger partial charge in [-0.15, -0.1) is 5.10 Å². The number of carboxylic acids is 1. The van der Waals surface area contributed by atoms with Crippen LogP contribution in [0, 0.1) is 13.8 Å². The van der Waals surface area contributed by atoms with Crippen molar-refractivity contribution in [3.8, 4) is 0 Å². The molecular formula is C17H18N6O2. The first kappa shape index (κ1) is 15.5. The topological polar surface area (TPSA) is 96.5 Å². The van der Waals surface area contributed by atoms with E-state index >= 15 is 0 Å². The number of hydrogen-bond acceptors (Lipinski definition) is 6. The average molecular weight is 338 g/mol. The Labute approximate surface area is 144 Å². The Kier molecular flexibility index (Phi) is 3.60. The maximum atomic E-state index is 11.2. The number of hydrogen-bond donors (Lipinski definition) is 1. The molecule has 8 heteroatoms. The van der Waals surface area contributed by atoms with Gasteiger partial charge in [0.05, 0.1) is 0 Å². The average Bonchev–Trinajstić information content (AvgIpc) is 3.21. The number of aryl methyl sites for hydroxylation is 2. The number of carbonyl (C=O) groups is 1. The second kappa shape index (κ2) is 5.80. The molecule has 3 aromatic heterocycles. The Bertz CT molecular complexity index is 967. The fourth-order valence-corrected chi connectivity index (χ4v) is 3.41. The largest absolute Gasteiger partial charge is 0.475 e. The van der Waals surface area contributed by atoms with Crippen molar-refractivity contribution < 1.29 is 9.90 Å². The Morgan fingerprint density at radius 3 is 2.92 bits per heavy atom. The van der Waals surface area contributed by atoms with Crippen LogP contribution in [-0.2, 0) is 0 Å². The van der Waals surface area contributed by atoms with E-state index in [2.05, 4.69) is 31.9 Å². The lowest BCUT2D eigenvalue weighted by molar-refractivity contribution is 0.0684. The van der Waals surface area contributed by atoms with E-state index in [1.165, 1.54) is 15.6 Å². The molecule has 1 unspecified atom stereocenters. The number of pyridine rings is 1. The summed E-state index contributed by atoms with van der Waals surface area (Å²) in [7, 11) is 0. The Hall–Kier alpha value is -3.03. The summed E-state index contributed by atoms with van der Waals surface area (Å²) in [6.45, 7) is 5.66. The number of rotatable bonds is 3. The quantitative estimate of drug-likeness (QED) is 0.778. The molecule has 0 saturated carbocycles. The fourth-order valence-electron chi connectivity index (χ4n) is 3.41. The first-order chi connectivity index (χ1) is 12.0. The molecule has 0 bridgehead atoms. The molecule has 3 aromatic rings. The Morgan fingerprint density at radius 2 is 2.16 bits per heavy atom. The van der Waals surface area contributed by atoms with Crippen molar-refractivity contribution in [2.75, 3.05) is 18.0 Å². The van der Waals surface area contributed by atoms with Crippen LogP contribution in [0.5, 0.6) is 0 Å². The van der Waals surface area contributed by atoms with E-state index in [4.69, 9.17) is 5.11 Å². The molecule has 0 spiro atoms. The number of carboxylic acid groups (broad SMARTS) is 1. The highest BCUT2D eigenvalue weighted by molar-refractivity contribution is 5.83. The van der Waals surface area contributed by atoms with E-state index in [9.17, 15) is 4.79 Å². The number of nitrogens with zero attached hydrogens (tertiary/aromatic N) is 6. The van der Waals surface area contributed by atoms with Crippen LogP contribution in [0.3, 0.4) is 0 Å². The van der Waals surface area contributed by atoms with Gasteiger partial charge in [0.2, 0.25) is 0 Å². The predicted octanol–water partition coefficient (Wildman–Crippen LogP) is 1.83. The summed E-state index contributed by atoms with van der Waals surface area (Å²) >= 11 is 0. The first-order valence-corrected chi connectivity index (χ1v) is 8.16. The van der Waals surface area contributed by atoms with Crippen molar-refractivity contribution in [3.63, 3.8) is 0 Å². The minimum Gasteiger partial charge on any atom is -0.475 e. The van der Waals surface area contributed by atoms with E-state index in [0.717, 1.165) is 31.0 Å². The van der Waals surface area contributed by atoms with Gasteiger partial charge in [-0.25, -0.2) is 9.78 Å². The van der Waals surface area contributed by atoms with Gasteiger partial charge >= 0.3 is 5.97 Å². The maximum Gasteiger partial charge on any atom is 0.375 e. The lowest BCUT2D eigenvalue weighted by Gasteiger charge is -2.20. The molecule has 25 heavy (non-hydrogen) atoms.